The maximum atomic E-state index is 11.4. The van der Waals surface area contributed by atoms with Crippen molar-refractivity contribution in [2.24, 2.45) is 7.05 Å². The Morgan fingerprint density at radius 1 is 1.43 bits per heavy atom. The molecule has 0 aliphatic heterocycles. The molecule has 0 saturated carbocycles. The Labute approximate surface area is 125 Å². The van der Waals surface area contributed by atoms with Crippen LogP contribution >= 0.6 is 0 Å². The Bertz CT molecular complexity index is 606. The normalized spacial score (nSPS) is 12.6. The molecule has 5 nitrogen and oxygen atoms in total. The number of hydrogen-bond donors (Lipinski definition) is 0. The molecule has 112 valence electrons. The number of rotatable bonds is 6. The van der Waals surface area contributed by atoms with Gasteiger partial charge in [0.1, 0.15) is 0 Å². The van der Waals surface area contributed by atoms with Gasteiger partial charge in [0.2, 0.25) is 0 Å². The smallest absolute Gasteiger partial charge is 0.161 e. The fourth-order valence-electron chi connectivity index (χ4n) is 2.27. The summed E-state index contributed by atoms with van der Waals surface area (Å²) < 4.78 is 2.02. The van der Waals surface area contributed by atoms with Gasteiger partial charge in [0.15, 0.2) is 5.78 Å². The number of ketones is 1. The van der Waals surface area contributed by atoms with E-state index < -0.39 is 0 Å². The molecule has 21 heavy (non-hydrogen) atoms. The highest BCUT2D eigenvalue weighted by Gasteiger charge is 2.14. The zero-order chi connectivity index (χ0) is 15.4. The molecule has 0 aliphatic rings. The number of nitrogens with zero attached hydrogens (tertiary/aromatic N) is 4. The highest BCUT2D eigenvalue weighted by molar-refractivity contribution is 5.94. The van der Waals surface area contributed by atoms with Gasteiger partial charge in [-0.05, 0) is 27.0 Å². The molecule has 0 radical (unpaired) electrons. The van der Waals surface area contributed by atoms with Gasteiger partial charge in [-0.15, -0.1) is 0 Å². The van der Waals surface area contributed by atoms with Crippen molar-refractivity contribution in [3.63, 3.8) is 0 Å². The standard InChI is InChI=1S/C16H22N4O/c1-12(7-15-9-17-5-6-18-15)19(3)11-16-8-14(13(2)21)10-20(16)4/h5-6,8-10,12H,7,11H2,1-4H3. The number of carbonyl (C=O) groups is 1. The summed E-state index contributed by atoms with van der Waals surface area (Å²) in [6.07, 6.45) is 7.96. The Morgan fingerprint density at radius 2 is 2.19 bits per heavy atom. The molecule has 0 aliphatic carbocycles. The second-order valence-electron chi connectivity index (χ2n) is 5.55. The lowest BCUT2D eigenvalue weighted by atomic mass is 10.1. The van der Waals surface area contributed by atoms with Crippen LogP contribution in [0.3, 0.4) is 0 Å². The topological polar surface area (TPSA) is 51.0 Å². The zero-order valence-corrected chi connectivity index (χ0v) is 13.1. The summed E-state index contributed by atoms with van der Waals surface area (Å²) in [6, 6.07) is 2.31. The van der Waals surface area contributed by atoms with Gasteiger partial charge in [0.25, 0.3) is 0 Å². The third kappa shape index (κ3) is 3.98. The molecule has 2 heterocycles. The number of Topliss-reactive ketones (excluding diaryl/α,β-unsaturated/α-hetero) is 1. The number of likely N-dealkylation sites (N-methyl/N-ethyl adjacent to an activating group) is 1. The first-order valence-electron chi connectivity index (χ1n) is 7.08. The second kappa shape index (κ2) is 6.63. The summed E-state index contributed by atoms with van der Waals surface area (Å²) in [6.45, 7) is 4.56. The van der Waals surface area contributed by atoms with Crippen LogP contribution in [0, 0.1) is 0 Å². The van der Waals surface area contributed by atoms with Gasteiger partial charge in [-0.25, -0.2) is 0 Å². The summed E-state index contributed by atoms with van der Waals surface area (Å²) in [4.78, 5) is 22.1. The molecule has 0 amide bonds. The van der Waals surface area contributed by atoms with Crippen molar-refractivity contribution in [1.82, 2.24) is 19.4 Å². The molecule has 0 aromatic carbocycles. The summed E-state index contributed by atoms with van der Waals surface area (Å²) in [5.74, 6) is 0.104. The molecule has 1 unspecified atom stereocenters. The monoisotopic (exact) mass is 286 g/mol. The summed E-state index contributed by atoms with van der Waals surface area (Å²) in [5, 5.41) is 0. The van der Waals surface area contributed by atoms with E-state index in [0.717, 1.165) is 29.9 Å². The fraction of sp³-hybridized carbons (Fsp3) is 0.438. The fourth-order valence-corrected chi connectivity index (χ4v) is 2.27. The van der Waals surface area contributed by atoms with Gasteiger partial charge < -0.3 is 4.57 Å². The lowest BCUT2D eigenvalue weighted by Gasteiger charge is -2.24. The Kier molecular flexibility index (Phi) is 4.85. The minimum absolute atomic E-state index is 0.104. The lowest BCUT2D eigenvalue weighted by Crippen LogP contribution is -2.31. The van der Waals surface area contributed by atoms with Gasteiger partial charge in [0.05, 0.1) is 5.69 Å². The lowest BCUT2D eigenvalue weighted by molar-refractivity contribution is 0.101. The van der Waals surface area contributed by atoms with Crippen LogP contribution < -0.4 is 0 Å². The molecule has 5 heteroatoms. The van der Waals surface area contributed by atoms with Crippen molar-refractivity contribution in [2.75, 3.05) is 7.05 Å². The van der Waals surface area contributed by atoms with Gasteiger partial charge >= 0.3 is 0 Å². The van der Waals surface area contributed by atoms with Crippen LogP contribution in [0.2, 0.25) is 0 Å². The minimum Gasteiger partial charge on any atom is -0.353 e. The summed E-state index contributed by atoms with van der Waals surface area (Å²) in [5.41, 5.74) is 2.89. The average molecular weight is 286 g/mol. The van der Waals surface area contributed by atoms with E-state index in [0.29, 0.717) is 6.04 Å². The van der Waals surface area contributed by atoms with Gasteiger partial charge in [-0.2, -0.15) is 0 Å². The van der Waals surface area contributed by atoms with Crippen LogP contribution in [-0.4, -0.2) is 38.3 Å². The number of aromatic nitrogens is 3. The van der Waals surface area contributed by atoms with Crippen LogP contribution in [0.25, 0.3) is 0 Å². The molecule has 2 rings (SSSR count). The summed E-state index contributed by atoms with van der Waals surface area (Å²) in [7, 11) is 4.06. The number of carbonyl (C=O) groups excluding carboxylic acids is 1. The SMILES string of the molecule is CC(=O)c1cc(CN(C)C(C)Cc2cnccn2)n(C)c1. The molecular weight excluding hydrogens is 264 g/mol. The predicted molar refractivity (Wildman–Crippen MR) is 82.1 cm³/mol. The van der Waals surface area contributed by atoms with Gasteiger partial charge in [-0.1, -0.05) is 0 Å². The summed E-state index contributed by atoms with van der Waals surface area (Å²) >= 11 is 0. The second-order valence-corrected chi connectivity index (χ2v) is 5.55. The molecule has 1 atom stereocenters. The molecular formula is C16H22N4O. The van der Waals surface area contributed by atoms with E-state index in [1.165, 1.54) is 0 Å². The molecule has 2 aromatic rings. The van der Waals surface area contributed by atoms with E-state index in [1.54, 1.807) is 25.5 Å². The molecule has 2 aromatic heterocycles. The number of aryl methyl sites for hydroxylation is 1. The van der Waals surface area contributed by atoms with Crippen LogP contribution in [0.4, 0.5) is 0 Å². The predicted octanol–water partition coefficient (Wildman–Crippen LogP) is 2.08. The van der Waals surface area contributed by atoms with E-state index in [1.807, 2.05) is 23.9 Å². The van der Waals surface area contributed by atoms with E-state index in [-0.39, 0.29) is 5.78 Å². The van der Waals surface area contributed by atoms with Crippen LogP contribution in [0.15, 0.2) is 30.9 Å². The maximum absolute atomic E-state index is 11.4. The van der Waals surface area contributed by atoms with Crippen LogP contribution in [0.1, 0.15) is 35.6 Å². The van der Waals surface area contributed by atoms with Crippen molar-refractivity contribution in [3.8, 4) is 0 Å². The highest BCUT2D eigenvalue weighted by Crippen LogP contribution is 2.13. The van der Waals surface area contributed by atoms with Gasteiger partial charge in [0, 0.05) is 62.1 Å². The first-order valence-corrected chi connectivity index (χ1v) is 7.08. The molecule has 0 fully saturated rings. The van der Waals surface area contributed by atoms with E-state index in [2.05, 4.69) is 28.8 Å². The van der Waals surface area contributed by atoms with Crippen molar-refractivity contribution >= 4 is 5.78 Å². The molecule has 0 spiro atoms. The van der Waals surface area contributed by atoms with Crippen molar-refractivity contribution in [2.45, 2.75) is 32.9 Å². The molecule has 0 saturated heterocycles. The minimum atomic E-state index is 0.104. The van der Waals surface area contributed by atoms with Crippen LogP contribution in [0.5, 0.6) is 0 Å². The zero-order valence-electron chi connectivity index (χ0n) is 13.1. The number of hydrogen-bond acceptors (Lipinski definition) is 4. The van der Waals surface area contributed by atoms with Crippen molar-refractivity contribution in [3.05, 3.63) is 47.8 Å². The Morgan fingerprint density at radius 3 is 2.76 bits per heavy atom. The van der Waals surface area contributed by atoms with Gasteiger partial charge in [-0.3, -0.25) is 19.7 Å². The van der Waals surface area contributed by atoms with Crippen molar-refractivity contribution in [1.29, 1.82) is 0 Å². The Balaban J connectivity index is 2.00. The van der Waals surface area contributed by atoms with Crippen LogP contribution in [-0.2, 0) is 20.0 Å². The first-order chi connectivity index (χ1) is 9.97. The molecule has 0 bridgehead atoms. The van der Waals surface area contributed by atoms with Crippen molar-refractivity contribution < 1.29 is 4.79 Å². The maximum Gasteiger partial charge on any atom is 0.161 e. The van der Waals surface area contributed by atoms with E-state index in [4.69, 9.17) is 0 Å². The average Bonchev–Trinajstić information content (AvgIpc) is 2.81. The third-order valence-electron chi connectivity index (χ3n) is 3.80. The largest absolute Gasteiger partial charge is 0.353 e. The highest BCUT2D eigenvalue weighted by atomic mass is 16.1. The Hall–Kier alpha value is -2.01. The first kappa shape index (κ1) is 15.4. The van der Waals surface area contributed by atoms with E-state index >= 15 is 0 Å². The van der Waals surface area contributed by atoms with E-state index in [9.17, 15) is 4.79 Å². The quantitative estimate of drug-likeness (QED) is 0.763. The third-order valence-corrected chi connectivity index (χ3v) is 3.80. The molecule has 0 N–H and O–H groups in total.